The van der Waals surface area contributed by atoms with E-state index in [2.05, 4.69) is 4.90 Å². The van der Waals surface area contributed by atoms with E-state index >= 15 is 0 Å². The minimum absolute atomic E-state index is 0.192. The first-order valence-electron chi connectivity index (χ1n) is 9.73. The summed E-state index contributed by atoms with van der Waals surface area (Å²) < 4.78 is 37.1. The number of carbonyl (C=O) groups excluding carboxylic acids is 1. The Morgan fingerprint density at radius 1 is 1.03 bits per heavy atom. The maximum absolute atomic E-state index is 12.7. The van der Waals surface area contributed by atoms with E-state index < -0.39 is 24.2 Å². The van der Waals surface area contributed by atoms with Gasteiger partial charge in [0.15, 0.2) is 0 Å². The van der Waals surface area contributed by atoms with E-state index in [-0.39, 0.29) is 11.9 Å². The Bertz CT molecular complexity index is 778. The van der Waals surface area contributed by atoms with Gasteiger partial charge in [0.25, 0.3) is 5.91 Å². The van der Waals surface area contributed by atoms with Crippen LogP contribution in [-0.2, 0) is 14.3 Å². The maximum atomic E-state index is 12.7. The number of alkyl halides is 3. The van der Waals surface area contributed by atoms with E-state index in [4.69, 9.17) is 14.6 Å². The average molecular weight is 446 g/mol. The summed E-state index contributed by atoms with van der Waals surface area (Å²) >= 11 is 0. The molecule has 0 bridgehead atoms. The number of morpholine rings is 1. The molecule has 2 aliphatic rings. The van der Waals surface area contributed by atoms with Gasteiger partial charge in [0.05, 0.1) is 13.2 Å². The van der Waals surface area contributed by atoms with Crippen molar-refractivity contribution in [3.05, 3.63) is 35.4 Å². The second-order valence-electron chi connectivity index (χ2n) is 7.35. The molecule has 2 saturated heterocycles. The molecule has 1 aromatic rings. The van der Waals surface area contributed by atoms with Crippen LogP contribution in [0.2, 0.25) is 0 Å². The van der Waals surface area contributed by atoms with Crippen molar-refractivity contribution in [1.29, 1.82) is 0 Å². The minimum Gasteiger partial charge on any atom is -0.480 e. The zero-order valence-electron chi connectivity index (χ0n) is 17.0. The summed E-state index contributed by atoms with van der Waals surface area (Å²) in [5.41, 5.74) is 1.63. The summed E-state index contributed by atoms with van der Waals surface area (Å²) in [4.78, 5) is 37.2. The number of ether oxygens (including phenoxy) is 1. The lowest BCUT2D eigenvalue weighted by molar-refractivity contribution is -0.192. The first-order valence-corrected chi connectivity index (χ1v) is 9.73. The summed E-state index contributed by atoms with van der Waals surface area (Å²) in [5.74, 6) is -3.87. The number of halogens is 3. The average Bonchev–Trinajstić information content (AvgIpc) is 2.73. The topological polar surface area (TPSA) is 107 Å². The number of hydrogen-bond acceptors (Lipinski definition) is 5. The van der Waals surface area contributed by atoms with Crippen LogP contribution in [0.4, 0.5) is 13.2 Å². The molecule has 11 heteroatoms. The van der Waals surface area contributed by atoms with Gasteiger partial charge >= 0.3 is 18.1 Å². The molecule has 0 aromatic heterocycles. The molecule has 0 saturated carbocycles. The van der Waals surface area contributed by atoms with Crippen molar-refractivity contribution in [2.45, 2.75) is 38.0 Å². The van der Waals surface area contributed by atoms with Crippen molar-refractivity contribution in [2.75, 3.05) is 32.8 Å². The molecule has 2 atom stereocenters. The summed E-state index contributed by atoms with van der Waals surface area (Å²) in [6.07, 6.45) is -3.80. The van der Waals surface area contributed by atoms with Crippen LogP contribution in [0.3, 0.4) is 0 Å². The quantitative estimate of drug-likeness (QED) is 0.732. The van der Waals surface area contributed by atoms with Gasteiger partial charge < -0.3 is 19.8 Å². The van der Waals surface area contributed by atoms with E-state index in [0.717, 1.165) is 25.1 Å². The molecular formula is C20H25F3N2O6. The second kappa shape index (κ2) is 10.6. The van der Waals surface area contributed by atoms with Crippen molar-refractivity contribution in [3.63, 3.8) is 0 Å². The molecule has 1 aromatic carbocycles. The Morgan fingerprint density at radius 3 is 2.06 bits per heavy atom. The molecule has 2 N–H and O–H groups in total. The van der Waals surface area contributed by atoms with Gasteiger partial charge in [-0.25, -0.2) is 9.59 Å². The molecule has 0 radical (unpaired) electrons. The Morgan fingerprint density at radius 2 is 1.58 bits per heavy atom. The highest BCUT2D eigenvalue weighted by molar-refractivity contribution is 5.96. The summed E-state index contributed by atoms with van der Waals surface area (Å²) in [6.45, 7) is 5.50. The number of rotatable bonds is 3. The Labute approximate surface area is 177 Å². The number of likely N-dealkylation sites (tertiary alicyclic amines) is 1. The molecule has 3 rings (SSSR count). The number of aryl methyl sites for hydroxylation is 1. The van der Waals surface area contributed by atoms with E-state index in [1.54, 1.807) is 12.1 Å². The van der Waals surface area contributed by atoms with E-state index in [9.17, 15) is 27.9 Å². The van der Waals surface area contributed by atoms with Crippen LogP contribution in [0.1, 0.15) is 28.8 Å². The van der Waals surface area contributed by atoms with E-state index in [1.807, 2.05) is 19.1 Å². The Kier molecular flexibility index (Phi) is 8.40. The zero-order valence-corrected chi connectivity index (χ0v) is 17.0. The van der Waals surface area contributed by atoms with Gasteiger partial charge in [0, 0.05) is 31.2 Å². The smallest absolute Gasteiger partial charge is 0.480 e. The van der Waals surface area contributed by atoms with Gasteiger partial charge in [-0.3, -0.25) is 9.69 Å². The molecule has 2 unspecified atom stereocenters. The fourth-order valence-electron chi connectivity index (χ4n) is 3.56. The van der Waals surface area contributed by atoms with E-state index in [0.29, 0.717) is 31.7 Å². The first kappa shape index (κ1) is 24.6. The second-order valence-corrected chi connectivity index (χ2v) is 7.35. The van der Waals surface area contributed by atoms with Gasteiger partial charge in [-0.1, -0.05) is 17.7 Å². The monoisotopic (exact) mass is 446 g/mol. The number of nitrogens with zero attached hydrogens (tertiary/aromatic N) is 2. The molecule has 8 nitrogen and oxygen atoms in total. The fraction of sp³-hybridized carbons (Fsp3) is 0.550. The maximum Gasteiger partial charge on any atom is 0.490 e. The largest absolute Gasteiger partial charge is 0.490 e. The number of amides is 1. The summed E-state index contributed by atoms with van der Waals surface area (Å²) in [6, 6.07) is 6.74. The Balaban J connectivity index is 0.000000423. The van der Waals surface area contributed by atoms with Gasteiger partial charge in [0.1, 0.15) is 6.04 Å². The third-order valence-electron chi connectivity index (χ3n) is 5.22. The highest BCUT2D eigenvalue weighted by Crippen LogP contribution is 2.25. The Hall–Kier alpha value is -2.66. The van der Waals surface area contributed by atoms with Crippen molar-refractivity contribution in [3.8, 4) is 0 Å². The van der Waals surface area contributed by atoms with Crippen LogP contribution in [-0.4, -0.2) is 89.0 Å². The lowest BCUT2D eigenvalue weighted by Gasteiger charge is -2.43. The number of carboxylic acid groups (broad SMARTS) is 2. The number of benzene rings is 1. The molecule has 2 heterocycles. The fourth-order valence-corrected chi connectivity index (χ4v) is 3.56. The van der Waals surface area contributed by atoms with Crippen molar-refractivity contribution in [2.24, 2.45) is 0 Å². The van der Waals surface area contributed by atoms with Crippen LogP contribution in [0.15, 0.2) is 24.3 Å². The highest BCUT2D eigenvalue weighted by Gasteiger charge is 2.39. The molecule has 31 heavy (non-hydrogen) atoms. The third-order valence-corrected chi connectivity index (χ3v) is 5.22. The number of piperidine rings is 1. The predicted octanol–water partition coefficient (Wildman–Crippen LogP) is 2.02. The van der Waals surface area contributed by atoms with Crippen molar-refractivity contribution in [1.82, 2.24) is 9.80 Å². The third kappa shape index (κ3) is 6.93. The highest BCUT2D eigenvalue weighted by atomic mass is 19.4. The first-order chi connectivity index (χ1) is 14.5. The van der Waals surface area contributed by atoms with Gasteiger partial charge in [-0.15, -0.1) is 0 Å². The molecular weight excluding hydrogens is 421 g/mol. The van der Waals surface area contributed by atoms with E-state index in [1.165, 1.54) is 4.90 Å². The van der Waals surface area contributed by atoms with Crippen LogP contribution in [0, 0.1) is 6.92 Å². The summed E-state index contributed by atoms with van der Waals surface area (Å²) in [7, 11) is 0. The van der Waals surface area contributed by atoms with Crippen LogP contribution in [0.5, 0.6) is 0 Å². The number of carbonyl (C=O) groups is 3. The normalized spacial score (nSPS) is 22.3. The SMILES string of the molecule is Cc1ccc(C(=O)N2CCC(N3CCOCC3)CC2C(=O)O)cc1.O=C(O)C(F)(F)F. The van der Waals surface area contributed by atoms with Crippen molar-refractivity contribution < 1.29 is 42.5 Å². The molecule has 0 aliphatic carbocycles. The van der Waals surface area contributed by atoms with Crippen LogP contribution < -0.4 is 0 Å². The van der Waals surface area contributed by atoms with Gasteiger partial charge in [-0.2, -0.15) is 13.2 Å². The standard InChI is InChI=1S/C18H24N2O4.C2HF3O2/c1-13-2-4-14(5-3-13)17(21)20-7-6-15(12-16(20)18(22)23)19-8-10-24-11-9-19;3-2(4,5)1(6)7/h2-5,15-16H,6-12H2,1H3,(H,22,23);(H,6,7). The number of hydrogen-bond donors (Lipinski definition) is 2. The lowest BCUT2D eigenvalue weighted by atomic mass is 9.94. The number of carboxylic acids is 2. The molecule has 1 amide bonds. The van der Waals surface area contributed by atoms with Crippen LogP contribution in [0.25, 0.3) is 0 Å². The molecule has 172 valence electrons. The van der Waals surface area contributed by atoms with Gasteiger partial charge in [0.2, 0.25) is 0 Å². The molecule has 2 fully saturated rings. The zero-order chi connectivity index (χ0) is 23.2. The van der Waals surface area contributed by atoms with Crippen molar-refractivity contribution >= 4 is 17.8 Å². The number of aliphatic carboxylic acids is 2. The predicted molar refractivity (Wildman–Crippen MR) is 103 cm³/mol. The minimum atomic E-state index is -5.08. The van der Waals surface area contributed by atoms with Crippen LogP contribution >= 0.6 is 0 Å². The van der Waals surface area contributed by atoms with Gasteiger partial charge in [-0.05, 0) is 31.9 Å². The summed E-state index contributed by atoms with van der Waals surface area (Å²) in [5, 5.41) is 16.8. The molecule has 2 aliphatic heterocycles. The lowest BCUT2D eigenvalue weighted by Crippen LogP contribution is -2.56. The molecule has 0 spiro atoms.